The zero-order chi connectivity index (χ0) is 13.2. The molecule has 0 radical (unpaired) electrons. The highest BCUT2D eigenvalue weighted by Gasteiger charge is 2.24. The molecule has 0 aliphatic heterocycles. The largest absolute Gasteiger partial charge is 0.388 e. The molecule has 4 heteroatoms. The summed E-state index contributed by atoms with van der Waals surface area (Å²) in [5.74, 6) is -1.38. The molecule has 1 aromatic carbocycles. The average molecular weight is 243 g/mol. The van der Waals surface area contributed by atoms with Crippen LogP contribution in [0.2, 0.25) is 0 Å². The minimum atomic E-state index is -0.950. The first-order valence-electron chi connectivity index (χ1n) is 5.60. The Bertz CT molecular complexity index is 367. The van der Waals surface area contributed by atoms with Gasteiger partial charge in [-0.1, -0.05) is 20.8 Å². The van der Waals surface area contributed by atoms with Gasteiger partial charge in [-0.3, -0.25) is 0 Å². The second kappa shape index (κ2) is 5.10. The Morgan fingerprint density at radius 1 is 1.18 bits per heavy atom. The van der Waals surface area contributed by atoms with Gasteiger partial charge in [-0.2, -0.15) is 0 Å². The van der Waals surface area contributed by atoms with Crippen molar-refractivity contribution in [1.29, 1.82) is 0 Å². The van der Waals surface area contributed by atoms with Crippen LogP contribution in [-0.4, -0.2) is 11.1 Å². The Kier molecular flexibility index (Phi) is 4.22. The van der Waals surface area contributed by atoms with Crippen LogP contribution in [0.25, 0.3) is 0 Å². The molecule has 2 nitrogen and oxygen atoms in total. The van der Waals surface area contributed by atoms with Crippen molar-refractivity contribution in [1.82, 2.24) is 0 Å². The highest BCUT2D eigenvalue weighted by atomic mass is 19.1. The maximum atomic E-state index is 13.0. The summed E-state index contributed by atoms with van der Waals surface area (Å²) >= 11 is 0. The lowest BCUT2D eigenvalue weighted by Crippen LogP contribution is -2.36. The van der Waals surface area contributed by atoms with Gasteiger partial charge in [-0.05, 0) is 29.5 Å². The van der Waals surface area contributed by atoms with Gasteiger partial charge in [-0.15, -0.1) is 0 Å². The Morgan fingerprint density at radius 3 is 2.06 bits per heavy atom. The molecular formula is C13H19F2NO. The molecule has 0 aliphatic rings. The van der Waals surface area contributed by atoms with E-state index < -0.39 is 17.7 Å². The van der Waals surface area contributed by atoms with Crippen molar-refractivity contribution < 1.29 is 13.9 Å². The molecule has 96 valence electrons. The Labute approximate surface area is 100 Å². The number of halogens is 2. The number of nitrogens with two attached hydrogens (primary N) is 1. The quantitative estimate of drug-likeness (QED) is 0.857. The molecule has 1 rings (SSSR count). The van der Waals surface area contributed by atoms with E-state index >= 15 is 0 Å². The first-order valence-corrected chi connectivity index (χ1v) is 5.60. The van der Waals surface area contributed by atoms with Crippen LogP contribution >= 0.6 is 0 Å². The molecule has 0 unspecified atom stereocenters. The maximum absolute atomic E-state index is 13.0. The van der Waals surface area contributed by atoms with E-state index in [1.807, 2.05) is 20.8 Å². The van der Waals surface area contributed by atoms with Crippen LogP contribution in [0.15, 0.2) is 18.2 Å². The Morgan fingerprint density at radius 2 is 1.65 bits per heavy atom. The molecule has 0 saturated heterocycles. The number of aliphatic hydroxyl groups excluding tert-OH is 1. The lowest BCUT2D eigenvalue weighted by atomic mass is 9.83. The molecule has 0 spiro atoms. The molecule has 3 N–H and O–H groups in total. The number of hydrogen-bond acceptors (Lipinski definition) is 2. The van der Waals surface area contributed by atoms with Crippen molar-refractivity contribution in [2.24, 2.45) is 11.1 Å². The van der Waals surface area contributed by atoms with E-state index in [1.165, 1.54) is 0 Å². The maximum Gasteiger partial charge on any atom is 0.126 e. The minimum Gasteiger partial charge on any atom is -0.388 e. The molecule has 17 heavy (non-hydrogen) atoms. The van der Waals surface area contributed by atoms with E-state index in [1.54, 1.807) is 0 Å². The molecule has 0 aromatic heterocycles. The molecule has 0 fully saturated rings. The van der Waals surface area contributed by atoms with Crippen LogP contribution in [-0.2, 0) is 0 Å². The van der Waals surface area contributed by atoms with Crippen LogP contribution in [0.5, 0.6) is 0 Å². The molecule has 0 amide bonds. The lowest BCUT2D eigenvalue weighted by molar-refractivity contribution is 0.133. The van der Waals surface area contributed by atoms with Crippen LogP contribution in [0, 0.1) is 17.0 Å². The minimum absolute atomic E-state index is 0.160. The van der Waals surface area contributed by atoms with Gasteiger partial charge in [-0.25, -0.2) is 8.78 Å². The van der Waals surface area contributed by atoms with Gasteiger partial charge in [0.25, 0.3) is 0 Å². The zero-order valence-corrected chi connectivity index (χ0v) is 10.4. The third-order valence-electron chi connectivity index (χ3n) is 2.86. The number of aliphatic hydroxyl groups is 1. The van der Waals surface area contributed by atoms with E-state index in [4.69, 9.17) is 5.73 Å². The van der Waals surface area contributed by atoms with Crippen LogP contribution in [0.3, 0.4) is 0 Å². The zero-order valence-electron chi connectivity index (χ0n) is 10.4. The number of hydrogen-bond donors (Lipinski definition) is 2. The van der Waals surface area contributed by atoms with Crippen LogP contribution in [0.4, 0.5) is 8.78 Å². The van der Waals surface area contributed by atoms with Gasteiger partial charge in [0.1, 0.15) is 11.6 Å². The van der Waals surface area contributed by atoms with Gasteiger partial charge in [0.2, 0.25) is 0 Å². The summed E-state index contributed by atoms with van der Waals surface area (Å²) in [6, 6.07) is 2.79. The lowest BCUT2D eigenvalue weighted by Gasteiger charge is -2.29. The fourth-order valence-corrected chi connectivity index (χ4v) is 1.50. The highest BCUT2D eigenvalue weighted by molar-refractivity contribution is 5.20. The molecule has 1 aromatic rings. The standard InChI is InChI=1S/C13H19F2NO/c1-13(2,3)12(16)7-11(17)8-4-9(14)6-10(15)5-8/h4-6,11-12,17H,7,16H2,1-3H3/t11-,12+/m1/s1. The molecule has 0 heterocycles. The smallest absolute Gasteiger partial charge is 0.126 e. The molecule has 2 atom stereocenters. The first-order chi connectivity index (χ1) is 7.70. The van der Waals surface area contributed by atoms with Crippen molar-refractivity contribution in [2.75, 3.05) is 0 Å². The van der Waals surface area contributed by atoms with Crippen molar-refractivity contribution in [3.05, 3.63) is 35.4 Å². The second-order valence-electron chi connectivity index (χ2n) is 5.43. The summed E-state index contributed by atoms with van der Waals surface area (Å²) < 4.78 is 26.0. The van der Waals surface area contributed by atoms with Crippen LogP contribution in [0.1, 0.15) is 38.9 Å². The Hall–Kier alpha value is -1.00. The van der Waals surface area contributed by atoms with Crippen molar-refractivity contribution in [3.8, 4) is 0 Å². The normalized spacial score (nSPS) is 15.7. The predicted molar refractivity (Wildman–Crippen MR) is 63.4 cm³/mol. The Balaban J connectivity index is 2.79. The summed E-state index contributed by atoms with van der Waals surface area (Å²) in [6.45, 7) is 5.86. The van der Waals surface area contributed by atoms with Crippen molar-refractivity contribution in [3.63, 3.8) is 0 Å². The number of rotatable bonds is 3. The topological polar surface area (TPSA) is 46.2 Å². The van der Waals surface area contributed by atoms with Crippen LogP contribution < -0.4 is 5.73 Å². The average Bonchev–Trinajstić information content (AvgIpc) is 2.14. The van der Waals surface area contributed by atoms with Crippen molar-refractivity contribution in [2.45, 2.75) is 39.3 Å². The van der Waals surface area contributed by atoms with Crippen molar-refractivity contribution >= 4 is 0 Å². The fraction of sp³-hybridized carbons (Fsp3) is 0.538. The summed E-state index contributed by atoms with van der Waals surface area (Å²) in [7, 11) is 0. The molecule has 0 aliphatic carbocycles. The van der Waals surface area contributed by atoms with Gasteiger partial charge in [0.15, 0.2) is 0 Å². The van der Waals surface area contributed by atoms with Gasteiger partial charge in [0.05, 0.1) is 6.10 Å². The number of benzene rings is 1. The first kappa shape index (κ1) is 14.1. The van der Waals surface area contributed by atoms with E-state index in [2.05, 4.69) is 0 Å². The van der Waals surface area contributed by atoms with Gasteiger partial charge < -0.3 is 10.8 Å². The van der Waals surface area contributed by atoms with E-state index in [-0.39, 0.29) is 23.4 Å². The second-order valence-corrected chi connectivity index (χ2v) is 5.43. The third-order valence-corrected chi connectivity index (χ3v) is 2.86. The monoisotopic (exact) mass is 243 g/mol. The SMILES string of the molecule is CC(C)(C)[C@@H](N)C[C@@H](O)c1cc(F)cc(F)c1. The summed E-state index contributed by atoms with van der Waals surface area (Å²) in [5.41, 5.74) is 5.98. The third kappa shape index (κ3) is 4.06. The molecule has 0 bridgehead atoms. The summed E-state index contributed by atoms with van der Waals surface area (Å²) in [4.78, 5) is 0. The fourth-order valence-electron chi connectivity index (χ4n) is 1.50. The van der Waals surface area contributed by atoms with Gasteiger partial charge in [0, 0.05) is 12.1 Å². The summed E-state index contributed by atoms with van der Waals surface area (Å²) in [6.07, 6.45) is -0.679. The highest BCUT2D eigenvalue weighted by Crippen LogP contribution is 2.27. The van der Waals surface area contributed by atoms with Gasteiger partial charge >= 0.3 is 0 Å². The molecular weight excluding hydrogens is 224 g/mol. The van der Waals surface area contributed by atoms with E-state index in [0.717, 1.165) is 18.2 Å². The van der Waals surface area contributed by atoms with E-state index in [9.17, 15) is 13.9 Å². The predicted octanol–water partition coefficient (Wildman–Crippen LogP) is 2.76. The summed E-state index contributed by atoms with van der Waals surface area (Å²) in [5, 5.41) is 9.89. The van der Waals surface area contributed by atoms with E-state index in [0.29, 0.717) is 0 Å². The molecule has 0 saturated carbocycles.